The Labute approximate surface area is 338 Å². The van der Waals surface area contributed by atoms with Crippen molar-refractivity contribution in [1.29, 1.82) is 0 Å². The number of aliphatic carboxylic acids is 1. The average molecular weight is 761 g/mol. The lowest BCUT2D eigenvalue weighted by atomic mass is 9.72. The molecule has 320 valence electrons. The van der Waals surface area contributed by atoms with Crippen molar-refractivity contribution in [3.8, 4) is 0 Å². The van der Waals surface area contributed by atoms with E-state index in [0.29, 0.717) is 19.3 Å². The minimum atomic E-state index is -1.83. The lowest BCUT2D eigenvalue weighted by Crippen LogP contribution is -2.46. The number of unbranched alkanes of at least 4 members (excludes halogenated alkanes) is 37. The largest absolute Gasteiger partial charge is 0.480 e. The molecule has 0 atom stereocenters. The number of hydrogen-bond donors (Lipinski definition) is 1. The Hall–Kier alpha value is -1.19. The highest BCUT2D eigenvalue weighted by Gasteiger charge is 2.50. The Balaban J connectivity index is 4.65. The van der Waals surface area contributed by atoms with Gasteiger partial charge in [-0.15, -0.1) is 0 Å². The van der Waals surface area contributed by atoms with Crippen LogP contribution in [0.5, 0.6) is 0 Å². The van der Waals surface area contributed by atoms with Crippen molar-refractivity contribution in [1.82, 2.24) is 0 Å². The van der Waals surface area contributed by atoms with Gasteiger partial charge in [-0.25, -0.2) is 0 Å². The molecule has 4 nitrogen and oxygen atoms in total. The highest BCUT2D eigenvalue weighted by molar-refractivity contribution is 6.21. The van der Waals surface area contributed by atoms with Gasteiger partial charge in [-0.05, 0) is 19.3 Å². The van der Waals surface area contributed by atoms with Gasteiger partial charge in [-0.1, -0.05) is 265 Å². The molecule has 0 aliphatic heterocycles. The monoisotopic (exact) mass is 761 g/mol. The maximum Gasteiger partial charge on any atom is 0.324 e. The Morgan fingerprint density at radius 2 is 0.481 bits per heavy atom. The van der Waals surface area contributed by atoms with Gasteiger partial charge in [0.2, 0.25) is 0 Å². The van der Waals surface area contributed by atoms with Gasteiger partial charge in [-0.2, -0.15) is 0 Å². The lowest BCUT2D eigenvalue weighted by molar-refractivity contribution is -0.160. The van der Waals surface area contributed by atoms with E-state index in [1.165, 1.54) is 193 Å². The van der Waals surface area contributed by atoms with Crippen LogP contribution in [0.15, 0.2) is 0 Å². The van der Waals surface area contributed by atoms with Crippen LogP contribution < -0.4 is 0 Å². The molecule has 0 amide bonds. The predicted molar refractivity (Wildman–Crippen MR) is 236 cm³/mol. The minimum absolute atomic E-state index is 0.189. The normalized spacial score (nSPS) is 11.8. The fourth-order valence-corrected chi connectivity index (χ4v) is 8.40. The van der Waals surface area contributed by atoms with Crippen LogP contribution in [-0.2, 0) is 14.4 Å². The van der Waals surface area contributed by atoms with E-state index in [2.05, 4.69) is 20.8 Å². The molecule has 0 radical (unpaired) electrons. The van der Waals surface area contributed by atoms with Crippen molar-refractivity contribution in [3.63, 3.8) is 0 Å². The molecule has 0 heterocycles. The number of carbonyl (C=O) groups is 3. The standard InChI is InChI=1S/C50H96O4/c1-4-7-10-13-16-19-22-25-28-31-34-37-40-43-46-50(49(53)54,47(51)44-41-38-35-32-29-26-23-20-17-14-11-8-5-2)48(52)45-42-39-36-33-30-27-24-21-18-15-12-9-6-3/h4-46H2,1-3H3,(H,53,54). The van der Waals surface area contributed by atoms with Gasteiger partial charge in [0.05, 0.1) is 0 Å². The maximum absolute atomic E-state index is 13.7. The van der Waals surface area contributed by atoms with Gasteiger partial charge in [0.15, 0.2) is 17.0 Å². The predicted octanol–water partition coefficient (Wildman–Crippen LogP) is 17.0. The summed E-state index contributed by atoms with van der Waals surface area (Å²) in [5.74, 6) is -1.81. The molecule has 0 aromatic heterocycles. The maximum atomic E-state index is 13.7. The van der Waals surface area contributed by atoms with Gasteiger partial charge >= 0.3 is 5.97 Å². The molecular weight excluding hydrogens is 665 g/mol. The second kappa shape index (κ2) is 41.4. The van der Waals surface area contributed by atoms with Crippen molar-refractivity contribution in [2.45, 2.75) is 297 Å². The van der Waals surface area contributed by atoms with Crippen molar-refractivity contribution in [2.24, 2.45) is 5.41 Å². The third-order valence-electron chi connectivity index (χ3n) is 12.2. The van der Waals surface area contributed by atoms with E-state index in [-0.39, 0.29) is 30.8 Å². The van der Waals surface area contributed by atoms with E-state index < -0.39 is 11.4 Å². The number of carboxylic acids is 1. The zero-order valence-corrected chi connectivity index (χ0v) is 37.1. The second-order valence-corrected chi connectivity index (χ2v) is 17.4. The molecule has 54 heavy (non-hydrogen) atoms. The van der Waals surface area contributed by atoms with Crippen LogP contribution in [0, 0.1) is 5.41 Å². The Morgan fingerprint density at radius 3 is 0.685 bits per heavy atom. The molecule has 0 bridgehead atoms. The third kappa shape index (κ3) is 31.0. The van der Waals surface area contributed by atoms with Crippen molar-refractivity contribution < 1.29 is 19.5 Å². The summed E-state index contributed by atoms with van der Waals surface area (Å²) in [4.78, 5) is 40.4. The Bertz CT molecular complexity index is 777. The summed E-state index contributed by atoms with van der Waals surface area (Å²) in [5.41, 5.74) is -1.83. The number of Topliss-reactive ketones (excluding diaryl/α,β-unsaturated/α-hetero) is 2. The van der Waals surface area contributed by atoms with E-state index in [9.17, 15) is 19.5 Å². The smallest absolute Gasteiger partial charge is 0.324 e. The molecule has 0 saturated carbocycles. The molecule has 0 saturated heterocycles. The molecule has 0 aliphatic carbocycles. The molecule has 0 aromatic rings. The Morgan fingerprint density at radius 1 is 0.296 bits per heavy atom. The van der Waals surface area contributed by atoms with E-state index in [1.807, 2.05) is 0 Å². The van der Waals surface area contributed by atoms with Gasteiger partial charge in [0.25, 0.3) is 0 Å². The molecule has 1 N–H and O–H groups in total. The zero-order chi connectivity index (χ0) is 39.6. The first-order valence-corrected chi connectivity index (χ1v) is 24.8. The molecular formula is C50H96O4. The summed E-state index contributed by atoms with van der Waals surface area (Å²) >= 11 is 0. The summed E-state index contributed by atoms with van der Waals surface area (Å²) in [7, 11) is 0. The molecule has 0 unspecified atom stereocenters. The first-order valence-electron chi connectivity index (χ1n) is 24.8. The summed E-state index contributed by atoms with van der Waals surface area (Å²) in [5, 5.41) is 10.5. The Kier molecular flexibility index (Phi) is 40.5. The van der Waals surface area contributed by atoms with Crippen molar-refractivity contribution in [3.05, 3.63) is 0 Å². The fourth-order valence-electron chi connectivity index (χ4n) is 8.40. The average Bonchev–Trinajstić information content (AvgIpc) is 3.16. The molecule has 0 rings (SSSR count). The molecule has 0 spiro atoms. The summed E-state index contributed by atoms with van der Waals surface area (Å²) in [6, 6.07) is 0. The summed E-state index contributed by atoms with van der Waals surface area (Å²) in [6.07, 6.45) is 49.7. The third-order valence-corrected chi connectivity index (χ3v) is 12.2. The van der Waals surface area contributed by atoms with E-state index in [4.69, 9.17) is 0 Å². The SMILES string of the molecule is CCCCCCCCCCCCCCCCC(C(=O)O)(C(=O)CCCCCCCCCCCCCCC)C(=O)CCCCCCCCCCCCCCC. The molecule has 0 fully saturated rings. The quantitative estimate of drug-likeness (QED) is 0.0495. The lowest BCUT2D eigenvalue weighted by Gasteiger charge is -2.27. The number of ketones is 2. The molecule has 0 aliphatic rings. The number of carboxylic acid groups (broad SMARTS) is 1. The first kappa shape index (κ1) is 52.8. The summed E-state index contributed by atoms with van der Waals surface area (Å²) < 4.78 is 0. The summed E-state index contributed by atoms with van der Waals surface area (Å²) in [6.45, 7) is 6.80. The van der Waals surface area contributed by atoms with Gasteiger partial charge in [0.1, 0.15) is 0 Å². The number of hydrogen-bond acceptors (Lipinski definition) is 3. The number of rotatable bonds is 46. The van der Waals surface area contributed by atoms with Crippen LogP contribution in [0.2, 0.25) is 0 Å². The van der Waals surface area contributed by atoms with Crippen LogP contribution in [0.3, 0.4) is 0 Å². The van der Waals surface area contributed by atoms with E-state index in [0.717, 1.165) is 44.9 Å². The first-order chi connectivity index (χ1) is 26.5. The van der Waals surface area contributed by atoms with Crippen LogP contribution in [0.1, 0.15) is 297 Å². The van der Waals surface area contributed by atoms with Crippen LogP contribution in [0.4, 0.5) is 0 Å². The van der Waals surface area contributed by atoms with Gasteiger partial charge in [0, 0.05) is 12.8 Å². The second-order valence-electron chi connectivity index (χ2n) is 17.4. The van der Waals surface area contributed by atoms with Gasteiger partial charge < -0.3 is 5.11 Å². The van der Waals surface area contributed by atoms with E-state index >= 15 is 0 Å². The van der Waals surface area contributed by atoms with E-state index in [1.54, 1.807) is 0 Å². The molecule has 0 aromatic carbocycles. The van der Waals surface area contributed by atoms with Crippen molar-refractivity contribution in [2.75, 3.05) is 0 Å². The van der Waals surface area contributed by atoms with Crippen LogP contribution in [-0.4, -0.2) is 22.6 Å². The highest BCUT2D eigenvalue weighted by atomic mass is 16.4. The minimum Gasteiger partial charge on any atom is -0.480 e. The topological polar surface area (TPSA) is 71.4 Å². The zero-order valence-electron chi connectivity index (χ0n) is 37.1. The number of carbonyl (C=O) groups excluding carboxylic acids is 2. The fraction of sp³-hybridized carbons (Fsp3) is 0.940. The van der Waals surface area contributed by atoms with Gasteiger partial charge in [-0.3, -0.25) is 14.4 Å². The van der Waals surface area contributed by atoms with Crippen LogP contribution >= 0.6 is 0 Å². The molecule has 4 heteroatoms. The highest BCUT2D eigenvalue weighted by Crippen LogP contribution is 2.33. The van der Waals surface area contributed by atoms with Crippen LogP contribution in [0.25, 0.3) is 0 Å². The van der Waals surface area contributed by atoms with Crippen molar-refractivity contribution >= 4 is 17.5 Å².